The lowest BCUT2D eigenvalue weighted by Crippen LogP contribution is -2.51. The van der Waals surface area contributed by atoms with Crippen molar-refractivity contribution >= 4 is 18.1 Å². The van der Waals surface area contributed by atoms with E-state index < -0.39 is 18.2 Å². The Balaban J connectivity index is 1.01. The Morgan fingerprint density at radius 2 is 1.32 bits per heavy atom. The van der Waals surface area contributed by atoms with E-state index in [0.29, 0.717) is 32.1 Å². The van der Waals surface area contributed by atoms with Crippen LogP contribution in [0.15, 0.2) is 36.7 Å². The predicted octanol–water partition coefficient (Wildman–Crippen LogP) is 6.48. The summed E-state index contributed by atoms with van der Waals surface area (Å²) in [5.74, 6) is 3.22. The number of amides is 3. The molecule has 2 fully saturated rings. The molecular weight excluding hydrogens is 729 g/mol. The van der Waals surface area contributed by atoms with Gasteiger partial charge in [-0.25, -0.2) is 19.6 Å². The highest BCUT2D eigenvalue weighted by atomic mass is 16.5. The number of imidazole rings is 2. The van der Waals surface area contributed by atoms with Gasteiger partial charge >= 0.3 is 12.2 Å². The molecule has 8 rings (SSSR count). The Labute approximate surface area is 332 Å². The van der Waals surface area contributed by atoms with Crippen LogP contribution >= 0.6 is 0 Å². The van der Waals surface area contributed by atoms with Gasteiger partial charge in [0.1, 0.15) is 42.4 Å². The van der Waals surface area contributed by atoms with Crippen molar-refractivity contribution in [3.05, 3.63) is 59.4 Å². The number of nitrogens with zero attached hydrogens (tertiary/aromatic N) is 4. The van der Waals surface area contributed by atoms with Gasteiger partial charge in [0.25, 0.3) is 0 Å². The van der Waals surface area contributed by atoms with Crippen LogP contribution in [-0.2, 0) is 27.5 Å². The van der Waals surface area contributed by atoms with E-state index in [4.69, 9.17) is 28.9 Å². The molecule has 4 aliphatic rings. The van der Waals surface area contributed by atoms with Gasteiger partial charge in [-0.15, -0.1) is 0 Å². The molecule has 2 saturated heterocycles. The minimum Gasteiger partial charge on any atom is -0.488 e. The minimum absolute atomic E-state index is 0.0406. The monoisotopic (exact) mass is 780 g/mol. The molecule has 4 atom stereocenters. The first-order chi connectivity index (χ1) is 27.5. The Morgan fingerprint density at radius 1 is 0.772 bits per heavy atom. The standard InChI is InChI=1S/C42H52N8O7/c1-22(2)30(47-41(52)54-5)19-49-11-7-9-31(49)38-43-17-28(45-38)24-13-26-20-57-34-16-25(14-27-21-56-33(15-24)35(26)36(27)34)29-18-44-39(46-29)32-10-8-12-50(32)40(51)37(23(3)4)48-42(53)55-6/h13-18,22-23,30-32,37H,7-12,19-21H2,1-6H3,(H,43,45)(H,44,46)(H,47,52)(H,48,53)/t30-,31+,32+,37+/m1/s1. The van der Waals surface area contributed by atoms with Crippen LogP contribution in [0.1, 0.15) is 88.2 Å². The number of methoxy groups -OCH3 is 2. The predicted molar refractivity (Wildman–Crippen MR) is 211 cm³/mol. The highest BCUT2D eigenvalue weighted by molar-refractivity contribution is 5.89. The number of aromatic nitrogens is 4. The molecule has 302 valence electrons. The maximum atomic E-state index is 13.7. The molecule has 4 aliphatic heterocycles. The zero-order valence-corrected chi connectivity index (χ0v) is 33.4. The van der Waals surface area contributed by atoms with Crippen molar-refractivity contribution in [1.82, 2.24) is 40.4 Å². The summed E-state index contributed by atoms with van der Waals surface area (Å²) >= 11 is 0. The third-order valence-corrected chi connectivity index (χ3v) is 11.8. The summed E-state index contributed by atoms with van der Waals surface area (Å²) in [4.78, 5) is 58.6. The maximum Gasteiger partial charge on any atom is 0.407 e. The van der Waals surface area contributed by atoms with E-state index in [1.165, 1.54) is 14.2 Å². The van der Waals surface area contributed by atoms with Crippen molar-refractivity contribution in [2.24, 2.45) is 11.8 Å². The Morgan fingerprint density at radius 3 is 1.88 bits per heavy atom. The zero-order chi connectivity index (χ0) is 40.0. The molecule has 0 saturated carbocycles. The van der Waals surface area contributed by atoms with E-state index in [-0.39, 0.29) is 35.9 Å². The number of rotatable bonds is 11. The summed E-state index contributed by atoms with van der Waals surface area (Å²) < 4.78 is 22.6. The molecule has 15 heteroatoms. The fourth-order valence-electron chi connectivity index (χ4n) is 8.73. The van der Waals surface area contributed by atoms with Crippen LogP contribution in [0.25, 0.3) is 33.6 Å². The fraction of sp³-hybridized carbons (Fsp3) is 0.500. The number of alkyl carbamates (subject to hydrolysis) is 2. The van der Waals surface area contributed by atoms with Crippen LogP contribution in [0.5, 0.6) is 11.5 Å². The van der Waals surface area contributed by atoms with Gasteiger partial charge in [0.15, 0.2) is 0 Å². The second-order valence-corrected chi connectivity index (χ2v) is 16.1. The summed E-state index contributed by atoms with van der Waals surface area (Å²) in [6, 6.07) is 7.57. The number of carbonyl (C=O) groups is 3. The minimum atomic E-state index is -0.700. The quantitative estimate of drug-likeness (QED) is 0.132. The summed E-state index contributed by atoms with van der Waals surface area (Å²) in [5.41, 5.74) is 7.81. The first-order valence-electron chi connectivity index (χ1n) is 20.0. The molecule has 0 spiro atoms. The third-order valence-electron chi connectivity index (χ3n) is 11.8. The van der Waals surface area contributed by atoms with Crippen LogP contribution < -0.4 is 20.1 Å². The lowest BCUT2D eigenvalue weighted by atomic mass is 9.87. The lowest BCUT2D eigenvalue weighted by molar-refractivity contribution is -0.135. The molecule has 4 aromatic rings. The number of likely N-dealkylation sites (tertiary alicyclic amines) is 2. The summed E-state index contributed by atoms with van der Waals surface area (Å²) in [7, 11) is 2.69. The number of hydrogen-bond donors (Lipinski definition) is 4. The van der Waals surface area contributed by atoms with Gasteiger partial charge in [-0.3, -0.25) is 9.69 Å². The average molecular weight is 781 g/mol. The normalized spacial score (nSPS) is 19.5. The van der Waals surface area contributed by atoms with Gasteiger partial charge in [-0.1, -0.05) is 27.7 Å². The molecule has 0 aliphatic carbocycles. The molecule has 0 unspecified atom stereocenters. The van der Waals surface area contributed by atoms with Gasteiger partial charge in [0, 0.05) is 52.5 Å². The molecule has 15 nitrogen and oxygen atoms in total. The number of hydrogen-bond acceptors (Lipinski definition) is 10. The van der Waals surface area contributed by atoms with Crippen molar-refractivity contribution < 1.29 is 33.3 Å². The van der Waals surface area contributed by atoms with E-state index in [9.17, 15) is 14.4 Å². The van der Waals surface area contributed by atoms with E-state index in [1.807, 2.05) is 31.0 Å². The molecule has 0 bridgehead atoms. The van der Waals surface area contributed by atoms with Crippen LogP contribution in [0.2, 0.25) is 0 Å². The number of ether oxygens (including phenoxy) is 4. The Bertz CT molecular complexity index is 2110. The van der Waals surface area contributed by atoms with Crippen molar-refractivity contribution in [2.75, 3.05) is 33.9 Å². The van der Waals surface area contributed by atoms with E-state index in [1.54, 1.807) is 6.20 Å². The van der Waals surface area contributed by atoms with Crippen LogP contribution in [0.4, 0.5) is 9.59 Å². The molecule has 4 N–H and O–H groups in total. The number of carbonyl (C=O) groups excluding carboxylic acids is 3. The van der Waals surface area contributed by atoms with Gasteiger partial charge in [0.05, 0.1) is 50.1 Å². The number of aromatic amines is 2. The van der Waals surface area contributed by atoms with E-state index >= 15 is 0 Å². The van der Waals surface area contributed by atoms with Crippen molar-refractivity contribution in [3.8, 4) is 45.1 Å². The largest absolute Gasteiger partial charge is 0.488 e. The fourth-order valence-corrected chi connectivity index (χ4v) is 8.73. The van der Waals surface area contributed by atoms with Gasteiger partial charge in [-0.2, -0.15) is 0 Å². The van der Waals surface area contributed by atoms with Crippen LogP contribution in [0.3, 0.4) is 0 Å². The van der Waals surface area contributed by atoms with E-state index in [0.717, 1.165) is 94.3 Å². The topological polar surface area (TPSA) is 176 Å². The highest BCUT2D eigenvalue weighted by Crippen LogP contribution is 2.51. The molecular formula is C42H52N8O7. The molecule has 2 aromatic heterocycles. The highest BCUT2D eigenvalue weighted by Gasteiger charge is 2.38. The van der Waals surface area contributed by atoms with Crippen molar-refractivity contribution in [3.63, 3.8) is 0 Å². The summed E-state index contributed by atoms with van der Waals surface area (Å²) in [6.45, 7) is 11.0. The number of nitrogens with one attached hydrogen (secondary N) is 4. The summed E-state index contributed by atoms with van der Waals surface area (Å²) in [6.07, 6.45) is 6.31. The number of benzene rings is 2. The third kappa shape index (κ3) is 7.40. The maximum absolute atomic E-state index is 13.7. The van der Waals surface area contributed by atoms with Gasteiger partial charge < -0.3 is 44.4 Å². The van der Waals surface area contributed by atoms with Crippen LogP contribution in [0, 0.1) is 11.8 Å². The lowest BCUT2D eigenvalue weighted by Gasteiger charge is -2.30. The van der Waals surface area contributed by atoms with Crippen LogP contribution in [-0.4, -0.2) is 93.8 Å². The molecule has 0 radical (unpaired) electrons. The van der Waals surface area contributed by atoms with Crippen molar-refractivity contribution in [1.29, 1.82) is 0 Å². The summed E-state index contributed by atoms with van der Waals surface area (Å²) in [5, 5.41) is 5.71. The Kier molecular flexibility index (Phi) is 10.6. The first kappa shape index (κ1) is 38.3. The molecule has 3 amide bonds. The Hall–Kier alpha value is -5.57. The van der Waals surface area contributed by atoms with E-state index in [2.05, 4.69) is 57.5 Å². The zero-order valence-electron chi connectivity index (χ0n) is 33.4. The number of H-pyrrole nitrogens is 2. The van der Waals surface area contributed by atoms with Gasteiger partial charge in [0.2, 0.25) is 5.91 Å². The average Bonchev–Trinajstić information content (AvgIpc) is 4.05. The first-order valence-corrected chi connectivity index (χ1v) is 20.0. The molecule has 2 aromatic carbocycles. The van der Waals surface area contributed by atoms with Crippen molar-refractivity contribution in [2.45, 2.75) is 90.8 Å². The molecule has 6 heterocycles. The SMILES string of the molecule is COC(=O)N[C@H](C(=O)N1CCC[C@H]1c1ncc(-c2cc3c4c(c2)OCc2cc(-c5cnc([C@@H]6CCCN6C[C@@H](NC(=O)OC)C(C)C)[nH]5)cc(c2-4)OC3)[nH]1)C(C)C. The smallest absolute Gasteiger partial charge is 0.407 e. The second kappa shape index (κ2) is 15.8. The van der Waals surface area contributed by atoms with Gasteiger partial charge in [-0.05, 0) is 68.3 Å². The second-order valence-electron chi connectivity index (χ2n) is 16.1. The molecule has 57 heavy (non-hydrogen) atoms.